The number of benzene rings is 2. The summed E-state index contributed by atoms with van der Waals surface area (Å²) in [7, 11) is 0. The van der Waals surface area contributed by atoms with Gasteiger partial charge in [-0.2, -0.15) is 0 Å². The first kappa shape index (κ1) is 19.1. The van der Waals surface area contributed by atoms with Gasteiger partial charge >= 0.3 is 5.97 Å². The van der Waals surface area contributed by atoms with E-state index in [1.54, 1.807) is 6.92 Å². The molecule has 27 heavy (non-hydrogen) atoms. The fourth-order valence-electron chi connectivity index (χ4n) is 3.09. The van der Waals surface area contributed by atoms with Crippen molar-refractivity contribution in [2.24, 2.45) is 5.92 Å². The summed E-state index contributed by atoms with van der Waals surface area (Å²) in [4.78, 5) is 26.4. The van der Waals surface area contributed by atoms with Crippen LogP contribution in [0, 0.1) is 5.92 Å². The average Bonchev–Trinajstić information content (AvgIpc) is 3.47. The van der Waals surface area contributed by atoms with E-state index in [-0.39, 0.29) is 25.0 Å². The number of esters is 1. The molecule has 142 valence electrons. The molecule has 1 saturated carbocycles. The van der Waals surface area contributed by atoms with Crippen LogP contribution in [0.15, 0.2) is 54.6 Å². The number of ether oxygens (including phenoxy) is 1. The van der Waals surface area contributed by atoms with Crippen LogP contribution in [0.2, 0.25) is 0 Å². The molecule has 5 nitrogen and oxygen atoms in total. The minimum atomic E-state index is -0.282. The molecular formula is C22H26N2O3. The Morgan fingerprint density at radius 1 is 1.04 bits per heavy atom. The third-order valence-corrected chi connectivity index (χ3v) is 4.52. The van der Waals surface area contributed by atoms with Crippen molar-refractivity contribution >= 4 is 17.6 Å². The minimum Gasteiger partial charge on any atom is -0.465 e. The molecule has 0 saturated heterocycles. The van der Waals surface area contributed by atoms with Gasteiger partial charge in [0.2, 0.25) is 5.91 Å². The minimum absolute atomic E-state index is 0.122. The fraction of sp³-hybridized carbons (Fsp3) is 0.364. The Bertz CT molecular complexity index is 772. The average molecular weight is 366 g/mol. The molecule has 0 heterocycles. The number of carbonyl (C=O) groups is 2. The Morgan fingerprint density at radius 3 is 2.44 bits per heavy atom. The van der Waals surface area contributed by atoms with Crippen molar-refractivity contribution in [3.05, 3.63) is 54.6 Å². The summed E-state index contributed by atoms with van der Waals surface area (Å²) >= 11 is 0. The molecule has 0 bridgehead atoms. The van der Waals surface area contributed by atoms with Gasteiger partial charge in [-0.05, 0) is 37.3 Å². The predicted octanol–water partition coefficient (Wildman–Crippen LogP) is 3.57. The Labute approximate surface area is 160 Å². The van der Waals surface area contributed by atoms with E-state index in [4.69, 9.17) is 4.74 Å². The van der Waals surface area contributed by atoms with E-state index >= 15 is 0 Å². The number of rotatable bonds is 9. The third kappa shape index (κ3) is 5.93. The number of anilines is 1. The van der Waals surface area contributed by atoms with Crippen LogP contribution in [0.25, 0.3) is 11.1 Å². The Morgan fingerprint density at radius 2 is 1.74 bits per heavy atom. The number of hydrogen-bond donors (Lipinski definition) is 1. The summed E-state index contributed by atoms with van der Waals surface area (Å²) < 4.78 is 5.04. The lowest BCUT2D eigenvalue weighted by Gasteiger charge is -2.21. The van der Waals surface area contributed by atoms with Crippen molar-refractivity contribution in [2.45, 2.75) is 19.8 Å². The smallest absolute Gasteiger partial charge is 0.320 e. The maximum atomic E-state index is 12.6. The van der Waals surface area contributed by atoms with E-state index in [0.29, 0.717) is 12.5 Å². The number of para-hydroxylation sites is 1. The number of amides is 1. The molecule has 1 N–H and O–H groups in total. The van der Waals surface area contributed by atoms with Crippen LogP contribution in [0.3, 0.4) is 0 Å². The summed E-state index contributed by atoms with van der Waals surface area (Å²) in [6, 6.07) is 17.7. The van der Waals surface area contributed by atoms with Gasteiger partial charge < -0.3 is 10.1 Å². The summed E-state index contributed by atoms with van der Waals surface area (Å²) in [6.07, 6.45) is 2.33. The largest absolute Gasteiger partial charge is 0.465 e. The van der Waals surface area contributed by atoms with Crippen LogP contribution in [0.1, 0.15) is 19.8 Å². The number of nitrogens with zero attached hydrogens (tertiary/aromatic N) is 1. The molecule has 1 fully saturated rings. The van der Waals surface area contributed by atoms with Crippen LogP contribution in [-0.2, 0) is 14.3 Å². The topological polar surface area (TPSA) is 58.6 Å². The van der Waals surface area contributed by atoms with Crippen LogP contribution in [0.4, 0.5) is 5.69 Å². The monoisotopic (exact) mass is 366 g/mol. The zero-order chi connectivity index (χ0) is 19.1. The highest BCUT2D eigenvalue weighted by atomic mass is 16.5. The number of nitrogens with one attached hydrogen (secondary N) is 1. The number of carbonyl (C=O) groups excluding carboxylic acids is 2. The van der Waals surface area contributed by atoms with Gasteiger partial charge in [-0.25, -0.2) is 0 Å². The molecule has 3 rings (SSSR count). The quantitative estimate of drug-likeness (QED) is 0.690. The highest BCUT2D eigenvalue weighted by molar-refractivity contribution is 5.96. The molecule has 0 spiro atoms. The van der Waals surface area contributed by atoms with Crippen LogP contribution >= 0.6 is 0 Å². The molecule has 0 atom stereocenters. The van der Waals surface area contributed by atoms with Gasteiger partial charge in [0.1, 0.15) is 0 Å². The normalized spacial score (nSPS) is 13.4. The third-order valence-electron chi connectivity index (χ3n) is 4.52. The summed E-state index contributed by atoms with van der Waals surface area (Å²) in [5.74, 6) is 0.183. The zero-order valence-corrected chi connectivity index (χ0v) is 15.7. The molecule has 1 aliphatic rings. The van der Waals surface area contributed by atoms with E-state index in [1.807, 2.05) is 59.5 Å². The molecule has 2 aromatic rings. The molecule has 1 amide bonds. The van der Waals surface area contributed by atoms with E-state index in [1.165, 1.54) is 0 Å². The standard InChI is InChI=1S/C22H26N2O3/c1-2-27-22(26)16-24(14-17-12-13-17)15-21(25)23-20-11-7-6-10-19(20)18-8-4-3-5-9-18/h3-11,17H,2,12-16H2,1H3,(H,23,25). The zero-order valence-electron chi connectivity index (χ0n) is 15.7. The van der Waals surface area contributed by atoms with E-state index in [0.717, 1.165) is 36.2 Å². The highest BCUT2D eigenvalue weighted by Crippen LogP contribution is 2.30. The van der Waals surface area contributed by atoms with E-state index < -0.39 is 0 Å². The Balaban J connectivity index is 1.66. The molecule has 0 aliphatic heterocycles. The van der Waals surface area contributed by atoms with Crippen molar-refractivity contribution in [2.75, 3.05) is 31.6 Å². The van der Waals surface area contributed by atoms with Crippen molar-refractivity contribution in [3.8, 4) is 11.1 Å². The molecule has 0 radical (unpaired) electrons. The van der Waals surface area contributed by atoms with E-state index in [9.17, 15) is 9.59 Å². The highest BCUT2D eigenvalue weighted by Gasteiger charge is 2.26. The van der Waals surface area contributed by atoms with Gasteiger partial charge in [-0.15, -0.1) is 0 Å². The van der Waals surface area contributed by atoms with Crippen LogP contribution in [0.5, 0.6) is 0 Å². The van der Waals surface area contributed by atoms with Gasteiger partial charge in [-0.1, -0.05) is 48.5 Å². The van der Waals surface area contributed by atoms with Gasteiger partial charge in [0.25, 0.3) is 0 Å². The van der Waals surface area contributed by atoms with Crippen molar-refractivity contribution in [1.82, 2.24) is 4.90 Å². The molecule has 1 aliphatic carbocycles. The van der Waals surface area contributed by atoms with Gasteiger partial charge in [0.15, 0.2) is 0 Å². The first-order chi connectivity index (χ1) is 13.2. The predicted molar refractivity (Wildman–Crippen MR) is 106 cm³/mol. The van der Waals surface area contributed by atoms with Crippen LogP contribution < -0.4 is 5.32 Å². The maximum Gasteiger partial charge on any atom is 0.320 e. The molecule has 5 heteroatoms. The lowest BCUT2D eigenvalue weighted by molar-refractivity contribution is -0.144. The second-order valence-corrected chi connectivity index (χ2v) is 6.88. The maximum absolute atomic E-state index is 12.6. The van der Waals surface area contributed by atoms with Gasteiger partial charge in [-0.3, -0.25) is 14.5 Å². The SMILES string of the molecule is CCOC(=O)CN(CC(=O)Nc1ccccc1-c1ccccc1)CC1CC1. The second-order valence-electron chi connectivity index (χ2n) is 6.88. The van der Waals surface area contributed by atoms with Gasteiger partial charge in [0, 0.05) is 17.8 Å². The molecule has 2 aromatic carbocycles. The Hall–Kier alpha value is -2.66. The summed E-state index contributed by atoms with van der Waals surface area (Å²) in [5, 5.41) is 3.01. The lowest BCUT2D eigenvalue weighted by atomic mass is 10.0. The first-order valence-electron chi connectivity index (χ1n) is 9.48. The van der Waals surface area contributed by atoms with Crippen molar-refractivity contribution < 1.29 is 14.3 Å². The van der Waals surface area contributed by atoms with Crippen molar-refractivity contribution in [3.63, 3.8) is 0 Å². The molecule has 0 unspecified atom stereocenters. The first-order valence-corrected chi connectivity index (χ1v) is 9.48. The fourth-order valence-corrected chi connectivity index (χ4v) is 3.09. The lowest BCUT2D eigenvalue weighted by Crippen LogP contribution is -2.38. The number of hydrogen-bond acceptors (Lipinski definition) is 4. The Kier molecular flexibility index (Phi) is 6.60. The molecule has 0 aromatic heterocycles. The van der Waals surface area contributed by atoms with E-state index in [2.05, 4.69) is 5.32 Å². The van der Waals surface area contributed by atoms with Crippen molar-refractivity contribution in [1.29, 1.82) is 0 Å². The summed E-state index contributed by atoms with van der Waals surface area (Å²) in [5.41, 5.74) is 2.80. The van der Waals surface area contributed by atoms with Crippen LogP contribution in [-0.4, -0.2) is 43.0 Å². The second kappa shape index (κ2) is 9.33. The molecular weight excluding hydrogens is 340 g/mol. The summed E-state index contributed by atoms with van der Waals surface area (Å²) in [6.45, 7) is 3.23. The van der Waals surface area contributed by atoms with Gasteiger partial charge in [0.05, 0.1) is 19.7 Å².